The molecular weight excluding hydrogens is 310 g/mol. The van der Waals surface area contributed by atoms with Gasteiger partial charge in [0.05, 0.1) is 16.6 Å². The number of halogens is 1. The maximum absolute atomic E-state index is 12.0. The number of hydrogen-bond acceptors (Lipinski definition) is 3. The van der Waals surface area contributed by atoms with Gasteiger partial charge in [0, 0.05) is 18.8 Å². The number of nitrogens with two attached hydrogens (primary N) is 1. The Morgan fingerprint density at radius 1 is 1.32 bits per heavy atom. The molecule has 2 amide bonds. The molecule has 5 nitrogen and oxygen atoms in total. The van der Waals surface area contributed by atoms with Gasteiger partial charge in [0.15, 0.2) is 0 Å². The van der Waals surface area contributed by atoms with Gasteiger partial charge < -0.3 is 16.0 Å². The highest BCUT2D eigenvalue weighted by Gasteiger charge is 2.14. The highest BCUT2D eigenvalue weighted by molar-refractivity contribution is 9.10. The number of rotatable bonds is 5. The van der Waals surface area contributed by atoms with Gasteiger partial charge in [0.25, 0.3) is 5.91 Å². The molecule has 0 unspecified atom stereocenters. The van der Waals surface area contributed by atoms with E-state index in [1.165, 1.54) is 0 Å². The smallest absolute Gasteiger partial charge is 0.252 e. The summed E-state index contributed by atoms with van der Waals surface area (Å²) < 4.78 is 0.544. The van der Waals surface area contributed by atoms with Crippen LogP contribution in [0.5, 0.6) is 0 Å². The number of nitrogens with one attached hydrogen (secondary N) is 1. The van der Waals surface area contributed by atoms with Gasteiger partial charge in [-0.25, -0.2) is 0 Å². The average Bonchev–Trinajstić information content (AvgIpc) is 2.40. The van der Waals surface area contributed by atoms with Crippen LogP contribution in [0.3, 0.4) is 0 Å². The van der Waals surface area contributed by atoms with E-state index in [1.807, 2.05) is 13.8 Å². The Labute approximate surface area is 121 Å². The molecule has 0 aliphatic carbocycles. The lowest BCUT2D eigenvalue weighted by Gasteiger charge is -2.18. The molecule has 3 N–H and O–H groups in total. The van der Waals surface area contributed by atoms with E-state index in [-0.39, 0.29) is 18.4 Å². The first kappa shape index (κ1) is 15.5. The van der Waals surface area contributed by atoms with Crippen molar-refractivity contribution in [2.75, 3.05) is 25.4 Å². The van der Waals surface area contributed by atoms with Crippen LogP contribution in [0.25, 0.3) is 0 Å². The van der Waals surface area contributed by atoms with Crippen LogP contribution in [0, 0.1) is 0 Å². The molecule has 0 saturated heterocycles. The second-order valence-corrected chi connectivity index (χ2v) is 4.75. The molecule has 0 bridgehead atoms. The van der Waals surface area contributed by atoms with E-state index in [1.54, 1.807) is 23.1 Å². The standard InChI is InChI=1S/C13H18BrN3O2/c1-3-17(4-2)11(18)8-16-13(19)9-6-5-7-10(15)12(9)14/h5-7H,3-4,8,15H2,1-2H3,(H,16,19). The molecule has 0 atom stereocenters. The maximum atomic E-state index is 12.0. The third kappa shape index (κ3) is 3.96. The molecule has 0 spiro atoms. The van der Waals surface area contributed by atoms with Crippen molar-refractivity contribution in [2.24, 2.45) is 0 Å². The van der Waals surface area contributed by atoms with Crippen molar-refractivity contribution in [2.45, 2.75) is 13.8 Å². The zero-order valence-corrected chi connectivity index (χ0v) is 12.7. The first-order valence-electron chi connectivity index (χ1n) is 6.11. The molecule has 0 fully saturated rings. The van der Waals surface area contributed by atoms with Crippen molar-refractivity contribution in [1.82, 2.24) is 10.2 Å². The van der Waals surface area contributed by atoms with Crippen LogP contribution >= 0.6 is 15.9 Å². The predicted octanol–water partition coefficient (Wildman–Crippen LogP) is 1.63. The van der Waals surface area contributed by atoms with Crippen LogP contribution in [-0.2, 0) is 4.79 Å². The summed E-state index contributed by atoms with van der Waals surface area (Å²) in [5.74, 6) is -0.418. The highest BCUT2D eigenvalue weighted by atomic mass is 79.9. The lowest BCUT2D eigenvalue weighted by atomic mass is 10.2. The summed E-state index contributed by atoms with van der Waals surface area (Å²) in [4.78, 5) is 25.4. The SMILES string of the molecule is CCN(CC)C(=O)CNC(=O)c1cccc(N)c1Br. The third-order valence-electron chi connectivity index (χ3n) is 2.79. The number of carbonyl (C=O) groups is 2. The summed E-state index contributed by atoms with van der Waals surface area (Å²) in [6.45, 7) is 5.05. The maximum Gasteiger partial charge on any atom is 0.252 e. The molecule has 1 aromatic carbocycles. The van der Waals surface area contributed by atoms with Crippen LogP contribution in [-0.4, -0.2) is 36.3 Å². The predicted molar refractivity (Wildman–Crippen MR) is 78.8 cm³/mol. The van der Waals surface area contributed by atoms with Gasteiger partial charge in [-0.3, -0.25) is 9.59 Å². The van der Waals surface area contributed by atoms with Gasteiger partial charge in [0.2, 0.25) is 5.91 Å². The van der Waals surface area contributed by atoms with Crippen molar-refractivity contribution >= 4 is 33.4 Å². The van der Waals surface area contributed by atoms with Gasteiger partial charge in [-0.05, 0) is 41.9 Å². The Morgan fingerprint density at radius 3 is 2.53 bits per heavy atom. The van der Waals surface area contributed by atoms with E-state index in [0.29, 0.717) is 28.8 Å². The summed E-state index contributed by atoms with van der Waals surface area (Å²) in [6, 6.07) is 5.04. The fourth-order valence-corrected chi connectivity index (χ4v) is 2.11. The fraction of sp³-hybridized carbons (Fsp3) is 0.385. The summed E-state index contributed by atoms with van der Waals surface area (Å²) in [7, 11) is 0. The van der Waals surface area contributed by atoms with Crippen LogP contribution in [0.1, 0.15) is 24.2 Å². The van der Waals surface area contributed by atoms with Gasteiger partial charge in [0.1, 0.15) is 0 Å². The largest absolute Gasteiger partial charge is 0.398 e. The van der Waals surface area contributed by atoms with E-state index >= 15 is 0 Å². The number of anilines is 1. The molecule has 6 heteroatoms. The zero-order chi connectivity index (χ0) is 14.4. The third-order valence-corrected chi connectivity index (χ3v) is 3.67. The van der Waals surface area contributed by atoms with E-state index < -0.39 is 0 Å². The molecule has 104 valence electrons. The Balaban J connectivity index is 2.66. The van der Waals surface area contributed by atoms with Crippen LogP contribution in [0.4, 0.5) is 5.69 Å². The number of likely N-dealkylation sites (N-methyl/N-ethyl adjacent to an activating group) is 1. The van der Waals surface area contributed by atoms with Crippen LogP contribution < -0.4 is 11.1 Å². The van der Waals surface area contributed by atoms with E-state index in [0.717, 1.165) is 0 Å². The molecule has 0 aromatic heterocycles. The lowest BCUT2D eigenvalue weighted by molar-refractivity contribution is -0.129. The van der Waals surface area contributed by atoms with Gasteiger partial charge in [-0.2, -0.15) is 0 Å². The molecule has 0 saturated carbocycles. The van der Waals surface area contributed by atoms with Crippen LogP contribution in [0.2, 0.25) is 0 Å². The molecule has 0 radical (unpaired) electrons. The number of nitrogen functional groups attached to an aromatic ring is 1. The van der Waals surface area contributed by atoms with E-state index in [9.17, 15) is 9.59 Å². The minimum atomic E-state index is -0.320. The minimum Gasteiger partial charge on any atom is -0.398 e. The normalized spacial score (nSPS) is 10.1. The molecule has 1 rings (SSSR count). The summed E-state index contributed by atoms with van der Waals surface area (Å²) in [6.07, 6.45) is 0. The summed E-state index contributed by atoms with van der Waals surface area (Å²) in [5, 5.41) is 2.60. The number of benzene rings is 1. The van der Waals surface area contributed by atoms with Gasteiger partial charge in [-0.1, -0.05) is 6.07 Å². The monoisotopic (exact) mass is 327 g/mol. The summed E-state index contributed by atoms with van der Waals surface area (Å²) >= 11 is 3.26. The second kappa shape index (κ2) is 7.13. The molecular formula is C13H18BrN3O2. The fourth-order valence-electron chi connectivity index (χ4n) is 1.66. The quantitative estimate of drug-likeness (QED) is 0.807. The number of hydrogen-bond donors (Lipinski definition) is 2. The second-order valence-electron chi connectivity index (χ2n) is 3.96. The van der Waals surface area contributed by atoms with E-state index in [2.05, 4.69) is 21.2 Å². The first-order chi connectivity index (χ1) is 9.01. The van der Waals surface area contributed by atoms with Gasteiger partial charge >= 0.3 is 0 Å². The summed E-state index contributed by atoms with van der Waals surface area (Å²) in [5.41, 5.74) is 6.62. The Kier molecular flexibility index (Phi) is 5.82. The Morgan fingerprint density at radius 2 is 1.95 bits per heavy atom. The van der Waals surface area contributed by atoms with Crippen LogP contribution in [0.15, 0.2) is 22.7 Å². The number of carbonyl (C=O) groups excluding carboxylic acids is 2. The molecule has 0 aliphatic heterocycles. The Hall–Kier alpha value is -1.56. The minimum absolute atomic E-state index is 0.0122. The molecule has 19 heavy (non-hydrogen) atoms. The van der Waals surface area contributed by atoms with Crippen molar-refractivity contribution in [1.29, 1.82) is 0 Å². The molecule has 0 aliphatic rings. The van der Waals surface area contributed by atoms with Crippen molar-refractivity contribution in [3.05, 3.63) is 28.2 Å². The number of nitrogens with zero attached hydrogens (tertiary/aromatic N) is 1. The van der Waals surface area contributed by atoms with Crippen molar-refractivity contribution in [3.63, 3.8) is 0 Å². The van der Waals surface area contributed by atoms with E-state index in [4.69, 9.17) is 5.73 Å². The average molecular weight is 328 g/mol. The molecule has 1 aromatic rings. The Bertz CT molecular complexity index is 473. The number of amides is 2. The topological polar surface area (TPSA) is 75.4 Å². The highest BCUT2D eigenvalue weighted by Crippen LogP contribution is 2.23. The van der Waals surface area contributed by atoms with Crippen molar-refractivity contribution in [3.8, 4) is 0 Å². The zero-order valence-electron chi connectivity index (χ0n) is 11.1. The lowest BCUT2D eigenvalue weighted by Crippen LogP contribution is -2.40. The van der Waals surface area contributed by atoms with Crippen molar-refractivity contribution < 1.29 is 9.59 Å². The van der Waals surface area contributed by atoms with Gasteiger partial charge in [-0.15, -0.1) is 0 Å². The molecule has 0 heterocycles. The first-order valence-corrected chi connectivity index (χ1v) is 6.90.